The van der Waals surface area contributed by atoms with E-state index in [9.17, 15) is 14.4 Å². The van der Waals surface area contributed by atoms with Crippen LogP contribution in [0.15, 0.2) is 67.1 Å². The summed E-state index contributed by atoms with van der Waals surface area (Å²) in [4.78, 5) is 46.6. The van der Waals surface area contributed by atoms with E-state index in [-0.39, 0.29) is 23.6 Å². The second-order valence-corrected chi connectivity index (χ2v) is 15.0. The number of piperazine rings is 1. The highest BCUT2D eigenvalue weighted by Gasteiger charge is 2.55. The Kier molecular flexibility index (Phi) is 8.17. The van der Waals surface area contributed by atoms with Crippen molar-refractivity contribution in [3.63, 3.8) is 0 Å². The Morgan fingerprint density at radius 1 is 1.04 bits per heavy atom. The van der Waals surface area contributed by atoms with E-state index in [1.54, 1.807) is 30.1 Å². The van der Waals surface area contributed by atoms with E-state index in [2.05, 4.69) is 65.7 Å². The van der Waals surface area contributed by atoms with Gasteiger partial charge in [-0.1, -0.05) is 12.1 Å². The number of benzene rings is 2. The van der Waals surface area contributed by atoms with Crippen LogP contribution in [0.4, 0.5) is 11.5 Å². The number of piperidine rings is 1. The van der Waals surface area contributed by atoms with Gasteiger partial charge in [0.05, 0.1) is 36.3 Å². The number of fused-ring (bicyclic) bond motifs is 2. The summed E-state index contributed by atoms with van der Waals surface area (Å²) in [6.07, 6.45) is 12.3. The fourth-order valence-electron chi connectivity index (χ4n) is 8.88. The largest absolute Gasteiger partial charge is 0.496 e. The topological polar surface area (TPSA) is 139 Å². The van der Waals surface area contributed by atoms with E-state index in [0.717, 1.165) is 61.4 Å². The van der Waals surface area contributed by atoms with Crippen molar-refractivity contribution in [2.45, 2.75) is 56.9 Å². The number of nitrogens with one attached hydrogen (secondary N) is 2. The van der Waals surface area contributed by atoms with Crippen molar-refractivity contribution in [1.82, 2.24) is 34.6 Å². The molecule has 4 fully saturated rings. The van der Waals surface area contributed by atoms with Gasteiger partial charge < -0.3 is 15.0 Å². The molecule has 2 aliphatic carbocycles. The van der Waals surface area contributed by atoms with Crippen molar-refractivity contribution in [2.75, 3.05) is 50.1 Å². The first-order valence-corrected chi connectivity index (χ1v) is 18.4. The molecule has 4 aliphatic rings. The number of hydrogen-bond acceptors (Lipinski definition) is 9. The van der Waals surface area contributed by atoms with Crippen LogP contribution in [0.5, 0.6) is 5.75 Å². The van der Waals surface area contributed by atoms with Crippen molar-refractivity contribution >= 4 is 45.8 Å². The second kappa shape index (κ2) is 13.0. The van der Waals surface area contributed by atoms with Crippen molar-refractivity contribution in [3.8, 4) is 5.75 Å². The number of anilines is 2. The van der Waals surface area contributed by atoms with Crippen molar-refractivity contribution in [3.05, 3.63) is 78.2 Å². The lowest BCUT2D eigenvalue weighted by molar-refractivity contribution is -0.134. The molecule has 0 bridgehead atoms. The third-order valence-electron chi connectivity index (χ3n) is 12.0. The normalized spacial score (nSPS) is 25.1. The van der Waals surface area contributed by atoms with Crippen LogP contribution in [0.25, 0.3) is 16.6 Å². The van der Waals surface area contributed by atoms with Gasteiger partial charge in [-0.3, -0.25) is 29.3 Å². The van der Waals surface area contributed by atoms with Crippen LogP contribution in [0.3, 0.4) is 0 Å². The first-order valence-electron chi connectivity index (χ1n) is 18.4. The molecule has 52 heavy (non-hydrogen) atoms. The van der Waals surface area contributed by atoms with Crippen LogP contribution in [-0.2, 0) is 9.59 Å². The Bertz CT molecular complexity index is 2160. The van der Waals surface area contributed by atoms with Gasteiger partial charge in [0.25, 0.3) is 5.91 Å². The molecule has 9 rings (SSSR count). The summed E-state index contributed by atoms with van der Waals surface area (Å²) in [6, 6.07) is 16.0. The number of rotatable bonds is 8. The van der Waals surface area contributed by atoms with Crippen LogP contribution in [-0.4, -0.2) is 86.8 Å². The Morgan fingerprint density at radius 2 is 1.85 bits per heavy atom. The number of imide groups is 1. The maximum absolute atomic E-state index is 13.4. The number of hydrogen-bond donors (Lipinski definition) is 2. The lowest BCUT2D eigenvalue weighted by atomic mass is 9.81. The number of amides is 3. The number of imidazole rings is 1. The van der Waals surface area contributed by atoms with E-state index in [1.807, 2.05) is 18.2 Å². The molecule has 3 aromatic heterocycles. The van der Waals surface area contributed by atoms with Gasteiger partial charge in [-0.2, -0.15) is 14.7 Å². The van der Waals surface area contributed by atoms with Gasteiger partial charge in [0.15, 0.2) is 11.5 Å². The first-order chi connectivity index (χ1) is 25.4. The predicted molar refractivity (Wildman–Crippen MR) is 195 cm³/mol. The number of nitrogens with zero attached hydrogens (tertiary/aromatic N) is 7. The molecule has 268 valence electrons. The Hall–Kier alpha value is -5.30. The van der Waals surface area contributed by atoms with Crippen molar-refractivity contribution in [2.24, 2.45) is 11.3 Å². The van der Waals surface area contributed by atoms with E-state index in [1.165, 1.54) is 31.5 Å². The number of ether oxygens (including phenoxy) is 1. The molecule has 2 unspecified atom stereocenters. The van der Waals surface area contributed by atoms with Gasteiger partial charge in [0, 0.05) is 68.7 Å². The molecule has 13 nitrogen and oxygen atoms in total. The highest BCUT2D eigenvalue weighted by Crippen LogP contribution is 2.62. The fourth-order valence-corrected chi connectivity index (χ4v) is 8.88. The van der Waals surface area contributed by atoms with E-state index in [0.29, 0.717) is 47.1 Å². The Labute approximate surface area is 301 Å². The molecule has 2 saturated carbocycles. The van der Waals surface area contributed by atoms with Gasteiger partial charge in [0.2, 0.25) is 11.8 Å². The van der Waals surface area contributed by atoms with E-state index >= 15 is 0 Å². The van der Waals surface area contributed by atoms with Crippen LogP contribution in [0.2, 0.25) is 0 Å². The highest BCUT2D eigenvalue weighted by molar-refractivity contribution is 6.08. The summed E-state index contributed by atoms with van der Waals surface area (Å²) in [5, 5.41) is 15.5. The lowest BCUT2D eigenvalue weighted by Gasteiger charge is -2.37. The van der Waals surface area contributed by atoms with Gasteiger partial charge in [-0.25, -0.2) is 4.98 Å². The number of carbonyl (C=O) groups is 3. The van der Waals surface area contributed by atoms with Gasteiger partial charge in [0.1, 0.15) is 5.75 Å². The standard InChI is InChI=1S/C39H43N9O4/c1-52-33-20-32-26(19-31(33)38(51)42-35-22-40-34-3-2-14-41-48(34)35)23-47(44-32)29-10-12-39(13-11-29)21-27(39)24-45-15-17-46(18-16-45)28-6-4-25(5-7-28)30-8-9-36(49)43-37(30)50/h2-7,14,19-20,22-23,27,29-30H,8-13,15-18,21,24H2,1H3,(H,42,51)(H,43,49,50). The fraction of sp³-hybridized carbons (Fsp3) is 0.436. The summed E-state index contributed by atoms with van der Waals surface area (Å²) in [5.41, 5.74) is 4.55. The monoisotopic (exact) mass is 701 g/mol. The van der Waals surface area contributed by atoms with E-state index in [4.69, 9.17) is 9.84 Å². The van der Waals surface area contributed by atoms with E-state index < -0.39 is 0 Å². The van der Waals surface area contributed by atoms with Gasteiger partial charge in [-0.05, 0) is 85.8 Å². The highest BCUT2D eigenvalue weighted by atomic mass is 16.5. The first kappa shape index (κ1) is 32.6. The summed E-state index contributed by atoms with van der Waals surface area (Å²) in [7, 11) is 1.57. The molecule has 2 aliphatic heterocycles. The van der Waals surface area contributed by atoms with Crippen LogP contribution in [0, 0.1) is 11.3 Å². The van der Waals surface area contributed by atoms with Crippen molar-refractivity contribution < 1.29 is 19.1 Å². The second-order valence-electron chi connectivity index (χ2n) is 15.0. The average Bonchev–Trinajstić information content (AvgIpc) is 3.44. The molecule has 3 amide bonds. The molecule has 2 N–H and O–H groups in total. The maximum Gasteiger partial charge on any atom is 0.260 e. The molecule has 2 aromatic carbocycles. The minimum atomic E-state index is -0.291. The van der Waals surface area contributed by atoms with Gasteiger partial charge >= 0.3 is 0 Å². The Balaban J connectivity index is 0.777. The molecule has 1 spiro atoms. The molecule has 5 aromatic rings. The lowest BCUT2D eigenvalue weighted by Crippen LogP contribution is -2.47. The quantitative estimate of drug-likeness (QED) is 0.219. The average molecular weight is 702 g/mol. The molecule has 13 heteroatoms. The van der Waals surface area contributed by atoms with Crippen molar-refractivity contribution in [1.29, 1.82) is 0 Å². The summed E-state index contributed by atoms with van der Waals surface area (Å²) in [5.74, 6) is 0.837. The van der Waals surface area contributed by atoms with Crippen LogP contribution in [0.1, 0.15) is 72.8 Å². The minimum absolute atomic E-state index is 0.177. The zero-order valence-corrected chi connectivity index (χ0v) is 29.3. The summed E-state index contributed by atoms with van der Waals surface area (Å²) >= 11 is 0. The number of methoxy groups -OCH3 is 1. The van der Waals surface area contributed by atoms with Crippen LogP contribution < -0.4 is 20.3 Å². The zero-order chi connectivity index (χ0) is 35.4. The zero-order valence-electron chi connectivity index (χ0n) is 29.3. The predicted octanol–water partition coefficient (Wildman–Crippen LogP) is 4.80. The minimum Gasteiger partial charge on any atom is -0.496 e. The van der Waals surface area contributed by atoms with Crippen LogP contribution >= 0.6 is 0 Å². The third-order valence-corrected chi connectivity index (χ3v) is 12.0. The SMILES string of the molecule is COc1cc2nn(C3CCC4(CC3)CC4CN3CCN(c4ccc(C5CCC(=O)NC5=O)cc4)CC3)cc2cc1C(=O)Nc1cnc2cccnn12. The molecular formula is C39H43N9O4. The smallest absolute Gasteiger partial charge is 0.260 e. The number of carbonyl (C=O) groups excluding carboxylic acids is 3. The van der Waals surface area contributed by atoms with Gasteiger partial charge in [-0.15, -0.1) is 0 Å². The molecule has 0 radical (unpaired) electrons. The summed E-state index contributed by atoms with van der Waals surface area (Å²) in [6.45, 7) is 5.29. The molecule has 2 atom stereocenters. The maximum atomic E-state index is 13.4. The number of aromatic nitrogens is 5. The molecular weight excluding hydrogens is 658 g/mol. The molecule has 2 saturated heterocycles. The summed E-state index contributed by atoms with van der Waals surface area (Å²) < 4.78 is 9.34. The Morgan fingerprint density at radius 3 is 2.62 bits per heavy atom. The molecule has 5 heterocycles. The third kappa shape index (κ3) is 6.06.